The Kier molecular flexibility index (Phi) is 3.60. The van der Waals surface area contributed by atoms with E-state index in [4.69, 9.17) is 4.52 Å². The number of aryl methyl sites for hydroxylation is 1. The lowest BCUT2D eigenvalue weighted by molar-refractivity contribution is 0.0783. The number of H-pyrrole nitrogens is 1. The zero-order valence-corrected chi connectivity index (χ0v) is 13.3. The van der Waals surface area contributed by atoms with Crippen molar-refractivity contribution in [3.8, 4) is 11.4 Å². The van der Waals surface area contributed by atoms with Crippen molar-refractivity contribution in [3.63, 3.8) is 0 Å². The van der Waals surface area contributed by atoms with E-state index in [0.29, 0.717) is 30.5 Å². The summed E-state index contributed by atoms with van der Waals surface area (Å²) in [5.41, 5.74) is 2.24. The molecule has 4 rings (SSSR count). The van der Waals surface area contributed by atoms with Gasteiger partial charge in [-0.3, -0.25) is 9.89 Å². The summed E-state index contributed by atoms with van der Waals surface area (Å²) in [6.07, 6.45) is 0.811. The molecule has 3 heterocycles. The number of aromatic nitrogens is 4. The summed E-state index contributed by atoms with van der Waals surface area (Å²) in [5, 5.41) is 10.9. The van der Waals surface area contributed by atoms with E-state index in [1.807, 2.05) is 37.3 Å². The van der Waals surface area contributed by atoms with Crippen LogP contribution in [0.4, 0.5) is 0 Å². The molecule has 2 aromatic heterocycles. The van der Waals surface area contributed by atoms with Crippen LogP contribution in [-0.2, 0) is 0 Å². The first-order chi connectivity index (χ1) is 11.7. The molecule has 1 saturated heterocycles. The largest absolute Gasteiger partial charge is 0.339 e. The van der Waals surface area contributed by atoms with Crippen molar-refractivity contribution in [2.75, 3.05) is 13.1 Å². The number of rotatable bonds is 3. The summed E-state index contributed by atoms with van der Waals surface area (Å²) in [4.78, 5) is 18.7. The van der Waals surface area contributed by atoms with Crippen molar-refractivity contribution in [1.29, 1.82) is 0 Å². The standard InChI is InChI=1S/C17H17N5O2/c1-11-9-14(20-19-11)17(23)22-8-7-13(10-22)16-18-15(21-24-16)12-5-3-2-4-6-12/h2-6,9,13H,7-8,10H2,1H3,(H,19,20)/t13-/m0/s1. The normalized spacial score (nSPS) is 17.4. The number of amides is 1. The van der Waals surface area contributed by atoms with Crippen LogP contribution in [-0.4, -0.2) is 44.2 Å². The first-order valence-corrected chi connectivity index (χ1v) is 7.91. The van der Waals surface area contributed by atoms with Crippen molar-refractivity contribution < 1.29 is 9.32 Å². The maximum atomic E-state index is 12.4. The second-order valence-electron chi connectivity index (χ2n) is 6.00. The molecule has 1 atom stereocenters. The number of aromatic amines is 1. The summed E-state index contributed by atoms with van der Waals surface area (Å²) >= 11 is 0. The summed E-state index contributed by atoms with van der Waals surface area (Å²) in [5.74, 6) is 1.17. The van der Waals surface area contributed by atoms with Gasteiger partial charge in [0.15, 0.2) is 0 Å². The second-order valence-corrected chi connectivity index (χ2v) is 6.00. The number of hydrogen-bond acceptors (Lipinski definition) is 5. The van der Waals surface area contributed by atoms with Gasteiger partial charge >= 0.3 is 0 Å². The molecule has 0 radical (unpaired) electrons. The Balaban J connectivity index is 1.47. The lowest BCUT2D eigenvalue weighted by Gasteiger charge is -2.13. The Morgan fingerprint density at radius 3 is 2.92 bits per heavy atom. The Hall–Kier alpha value is -2.96. The zero-order chi connectivity index (χ0) is 16.5. The maximum Gasteiger partial charge on any atom is 0.274 e. The minimum absolute atomic E-state index is 0.0651. The van der Waals surface area contributed by atoms with Crippen molar-refractivity contribution in [2.24, 2.45) is 0 Å². The Bertz CT molecular complexity index is 855. The van der Waals surface area contributed by atoms with Crippen LogP contribution >= 0.6 is 0 Å². The predicted octanol–water partition coefficient (Wildman–Crippen LogP) is 2.40. The third-order valence-electron chi connectivity index (χ3n) is 4.22. The second kappa shape index (κ2) is 5.92. The van der Waals surface area contributed by atoms with E-state index >= 15 is 0 Å². The number of hydrogen-bond donors (Lipinski definition) is 1. The predicted molar refractivity (Wildman–Crippen MR) is 86.3 cm³/mol. The van der Waals surface area contributed by atoms with Crippen LogP contribution in [0.3, 0.4) is 0 Å². The molecule has 24 heavy (non-hydrogen) atoms. The van der Waals surface area contributed by atoms with Gasteiger partial charge in [-0.25, -0.2) is 0 Å². The third-order valence-corrected chi connectivity index (χ3v) is 4.22. The number of carbonyl (C=O) groups excluding carboxylic acids is 1. The molecule has 1 aliphatic rings. The highest BCUT2D eigenvalue weighted by atomic mass is 16.5. The van der Waals surface area contributed by atoms with Crippen LogP contribution in [0.5, 0.6) is 0 Å². The number of carbonyl (C=O) groups is 1. The fraction of sp³-hybridized carbons (Fsp3) is 0.294. The molecule has 7 heteroatoms. The Morgan fingerprint density at radius 2 is 2.17 bits per heavy atom. The molecular weight excluding hydrogens is 306 g/mol. The van der Waals surface area contributed by atoms with E-state index in [1.165, 1.54) is 0 Å². The molecule has 1 N–H and O–H groups in total. The van der Waals surface area contributed by atoms with Gasteiger partial charge in [0.2, 0.25) is 11.7 Å². The Labute approximate surface area is 138 Å². The van der Waals surface area contributed by atoms with Gasteiger partial charge < -0.3 is 9.42 Å². The van der Waals surface area contributed by atoms with Crippen LogP contribution in [0, 0.1) is 6.92 Å². The Morgan fingerprint density at radius 1 is 1.33 bits per heavy atom. The van der Waals surface area contributed by atoms with E-state index in [1.54, 1.807) is 11.0 Å². The average molecular weight is 323 g/mol. The van der Waals surface area contributed by atoms with E-state index in [2.05, 4.69) is 20.3 Å². The highest BCUT2D eigenvalue weighted by Gasteiger charge is 2.32. The van der Waals surface area contributed by atoms with Gasteiger partial charge in [0, 0.05) is 24.3 Å². The molecular formula is C17H17N5O2. The number of likely N-dealkylation sites (tertiary alicyclic amines) is 1. The molecule has 0 unspecified atom stereocenters. The molecule has 1 aromatic carbocycles. The first-order valence-electron chi connectivity index (χ1n) is 7.91. The van der Waals surface area contributed by atoms with Crippen molar-refractivity contribution in [1.82, 2.24) is 25.2 Å². The van der Waals surface area contributed by atoms with E-state index in [-0.39, 0.29) is 11.8 Å². The minimum Gasteiger partial charge on any atom is -0.339 e. The molecule has 1 amide bonds. The minimum atomic E-state index is -0.0651. The van der Waals surface area contributed by atoms with Gasteiger partial charge in [0.05, 0.1) is 5.92 Å². The molecule has 7 nitrogen and oxygen atoms in total. The quantitative estimate of drug-likeness (QED) is 0.799. The molecule has 1 fully saturated rings. The van der Waals surface area contributed by atoms with E-state index in [9.17, 15) is 4.79 Å². The van der Waals surface area contributed by atoms with Crippen LogP contribution in [0.2, 0.25) is 0 Å². The number of nitrogens with zero attached hydrogens (tertiary/aromatic N) is 4. The summed E-state index contributed by atoms with van der Waals surface area (Å²) in [6, 6.07) is 11.5. The maximum absolute atomic E-state index is 12.4. The van der Waals surface area contributed by atoms with Crippen LogP contribution in [0.1, 0.15) is 34.4 Å². The smallest absolute Gasteiger partial charge is 0.274 e. The van der Waals surface area contributed by atoms with Crippen LogP contribution in [0.15, 0.2) is 40.9 Å². The highest BCUT2D eigenvalue weighted by Crippen LogP contribution is 2.28. The van der Waals surface area contributed by atoms with Crippen LogP contribution < -0.4 is 0 Å². The first kappa shape index (κ1) is 14.6. The molecule has 1 aliphatic heterocycles. The molecule has 0 saturated carbocycles. The van der Waals surface area contributed by atoms with Gasteiger partial charge in [0.25, 0.3) is 5.91 Å². The summed E-state index contributed by atoms with van der Waals surface area (Å²) < 4.78 is 5.42. The third kappa shape index (κ3) is 2.68. The lowest BCUT2D eigenvalue weighted by atomic mass is 10.1. The van der Waals surface area contributed by atoms with Gasteiger partial charge in [-0.15, -0.1) is 0 Å². The van der Waals surface area contributed by atoms with Crippen molar-refractivity contribution in [2.45, 2.75) is 19.3 Å². The number of benzene rings is 1. The van der Waals surface area contributed by atoms with Crippen molar-refractivity contribution >= 4 is 5.91 Å². The fourth-order valence-corrected chi connectivity index (χ4v) is 2.94. The molecule has 0 bridgehead atoms. The lowest BCUT2D eigenvalue weighted by Crippen LogP contribution is -2.28. The zero-order valence-electron chi connectivity index (χ0n) is 13.3. The van der Waals surface area contributed by atoms with Gasteiger partial charge in [-0.2, -0.15) is 10.1 Å². The van der Waals surface area contributed by atoms with Gasteiger partial charge in [-0.1, -0.05) is 35.5 Å². The summed E-state index contributed by atoms with van der Waals surface area (Å²) in [7, 11) is 0. The highest BCUT2D eigenvalue weighted by molar-refractivity contribution is 5.92. The topological polar surface area (TPSA) is 87.9 Å². The van der Waals surface area contributed by atoms with E-state index in [0.717, 1.165) is 17.7 Å². The fourth-order valence-electron chi connectivity index (χ4n) is 2.94. The molecule has 0 aliphatic carbocycles. The molecule has 122 valence electrons. The molecule has 3 aromatic rings. The number of nitrogens with one attached hydrogen (secondary N) is 1. The van der Waals surface area contributed by atoms with Crippen molar-refractivity contribution in [3.05, 3.63) is 53.7 Å². The molecule has 0 spiro atoms. The summed E-state index contributed by atoms with van der Waals surface area (Å²) in [6.45, 7) is 3.11. The van der Waals surface area contributed by atoms with Gasteiger partial charge in [-0.05, 0) is 19.4 Å². The van der Waals surface area contributed by atoms with Gasteiger partial charge in [0.1, 0.15) is 5.69 Å². The van der Waals surface area contributed by atoms with E-state index < -0.39 is 0 Å². The SMILES string of the molecule is Cc1cc(C(=O)N2CC[C@H](c3nc(-c4ccccc4)no3)C2)n[nH]1. The average Bonchev–Trinajstić information content (AvgIpc) is 3.35. The monoisotopic (exact) mass is 323 g/mol. The van der Waals surface area contributed by atoms with Crippen LogP contribution in [0.25, 0.3) is 11.4 Å².